The largest absolute Gasteiger partial charge is 0.469 e. The topological polar surface area (TPSA) is 105 Å². The van der Waals surface area contributed by atoms with E-state index in [0.717, 1.165) is 64.2 Å². The molecule has 3 N–H and O–H groups in total. The van der Waals surface area contributed by atoms with E-state index in [1.54, 1.807) is 19.6 Å². The first-order valence-electron chi connectivity index (χ1n) is 17.5. The lowest BCUT2D eigenvalue weighted by molar-refractivity contribution is -0.324. The zero-order valence-electron chi connectivity index (χ0n) is 28.8. The van der Waals surface area contributed by atoms with Crippen molar-refractivity contribution >= 4 is 5.97 Å². The summed E-state index contributed by atoms with van der Waals surface area (Å²) in [6, 6.07) is 0. The minimum atomic E-state index is -1.29. The molecule has 1 heterocycles. The molecule has 44 heavy (non-hydrogen) atoms. The minimum absolute atomic E-state index is 0.00690. The fraction of sp³-hybridized carbons (Fsp3) is 0.919. The maximum Gasteiger partial charge on any atom is 0.312 e. The maximum absolute atomic E-state index is 13.5. The van der Waals surface area contributed by atoms with Crippen molar-refractivity contribution in [2.45, 2.75) is 156 Å². The molecule has 1 saturated heterocycles. The van der Waals surface area contributed by atoms with Crippen molar-refractivity contribution in [3.05, 3.63) is 11.6 Å². The molecule has 6 aliphatic rings. The molecule has 5 fully saturated rings. The van der Waals surface area contributed by atoms with Crippen molar-refractivity contribution in [3.8, 4) is 0 Å². The number of hydrogen-bond acceptors (Lipinski definition) is 7. The smallest absolute Gasteiger partial charge is 0.312 e. The molecule has 0 amide bonds. The van der Waals surface area contributed by atoms with Crippen molar-refractivity contribution in [2.75, 3.05) is 7.11 Å². The summed E-state index contributed by atoms with van der Waals surface area (Å²) < 4.78 is 17.9. The van der Waals surface area contributed by atoms with E-state index in [1.807, 2.05) is 0 Å². The zero-order valence-corrected chi connectivity index (χ0v) is 28.8. The van der Waals surface area contributed by atoms with Gasteiger partial charge in [-0.25, -0.2) is 0 Å². The van der Waals surface area contributed by atoms with Crippen LogP contribution in [0.3, 0.4) is 0 Å². The van der Waals surface area contributed by atoms with Crippen LogP contribution in [0.25, 0.3) is 0 Å². The molecule has 250 valence electrons. The van der Waals surface area contributed by atoms with Gasteiger partial charge in [-0.15, -0.1) is 0 Å². The van der Waals surface area contributed by atoms with Crippen LogP contribution >= 0.6 is 0 Å². The van der Waals surface area contributed by atoms with Crippen LogP contribution in [0.4, 0.5) is 0 Å². The van der Waals surface area contributed by atoms with Gasteiger partial charge in [0.15, 0.2) is 6.29 Å². The van der Waals surface area contributed by atoms with Gasteiger partial charge in [-0.2, -0.15) is 0 Å². The van der Waals surface area contributed by atoms with Crippen LogP contribution < -0.4 is 0 Å². The quantitative estimate of drug-likeness (QED) is 0.198. The monoisotopic (exact) mass is 616 g/mol. The van der Waals surface area contributed by atoms with Gasteiger partial charge in [0.25, 0.3) is 0 Å². The van der Waals surface area contributed by atoms with E-state index >= 15 is 0 Å². The Kier molecular flexibility index (Phi) is 7.86. The van der Waals surface area contributed by atoms with E-state index in [9.17, 15) is 20.1 Å². The lowest BCUT2D eigenvalue weighted by atomic mass is 9.33. The summed E-state index contributed by atoms with van der Waals surface area (Å²) >= 11 is 0. The molecule has 1 aliphatic heterocycles. The summed E-state index contributed by atoms with van der Waals surface area (Å²) in [5.41, 5.74) is 1.53. The predicted molar refractivity (Wildman–Crippen MR) is 168 cm³/mol. The van der Waals surface area contributed by atoms with Gasteiger partial charge >= 0.3 is 5.97 Å². The number of aliphatic hydroxyl groups excluding tert-OH is 3. The third-order valence-electron chi connectivity index (χ3n) is 15.3. The standard InChI is InChI=1S/C37H60O7/c1-21-27(38)28(39)29(40)30(43-21)44-26-13-14-34(6)24(33(26,4)5)12-15-36(8)25(34)11-10-22-23-20-32(2,3)16-18-37(23,31(41)42-9)19-17-35(22,36)7/h10,21,23-30,38-40H,11-20H2,1-9H3/t21-,23-,24-,25+,26-,27-,28+,29+,30-,34-,35+,36+,37-/m0/s1. The summed E-state index contributed by atoms with van der Waals surface area (Å²) in [6.07, 6.45) is 7.42. The van der Waals surface area contributed by atoms with Gasteiger partial charge in [0.2, 0.25) is 0 Å². The third kappa shape index (κ3) is 4.41. The van der Waals surface area contributed by atoms with Gasteiger partial charge in [0, 0.05) is 0 Å². The number of aliphatic hydroxyl groups is 3. The molecule has 0 aromatic rings. The van der Waals surface area contributed by atoms with Crippen molar-refractivity contribution < 1.29 is 34.3 Å². The lowest BCUT2D eigenvalue weighted by Crippen LogP contribution is -2.66. The highest BCUT2D eigenvalue weighted by Crippen LogP contribution is 2.76. The maximum atomic E-state index is 13.5. The number of fused-ring (bicyclic) bond motifs is 7. The van der Waals surface area contributed by atoms with Gasteiger partial charge in [0.05, 0.1) is 24.7 Å². The van der Waals surface area contributed by atoms with Crippen LogP contribution in [0.15, 0.2) is 11.6 Å². The Balaban J connectivity index is 1.30. The van der Waals surface area contributed by atoms with Gasteiger partial charge in [-0.3, -0.25) is 4.79 Å². The highest BCUT2D eigenvalue weighted by molar-refractivity contribution is 5.78. The van der Waals surface area contributed by atoms with Crippen LogP contribution in [-0.4, -0.2) is 65.2 Å². The second-order valence-electron chi connectivity index (χ2n) is 18.0. The predicted octanol–water partition coefficient (Wildman–Crippen LogP) is 6.17. The van der Waals surface area contributed by atoms with Gasteiger partial charge in [-0.05, 0) is 116 Å². The first-order valence-corrected chi connectivity index (χ1v) is 17.5. The van der Waals surface area contributed by atoms with E-state index in [0.29, 0.717) is 11.8 Å². The van der Waals surface area contributed by atoms with Gasteiger partial charge in [-0.1, -0.05) is 60.1 Å². The summed E-state index contributed by atoms with van der Waals surface area (Å²) in [4.78, 5) is 13.5. The van der Waals surface area contributed by atoms with E-state index < -0.39 is 30.7 Å². The SMILES string of the molecule is COC(=O)[C@]12CCC(C)(C)C[C@H]1C1=CC[C@@H]3[C@@]4(C)CC[C@H](O[C@@H]5O[C@@H](C)[C@H](O)[C@@H](O)[C@H]5O)C(C)(C)[C@@H]4CC[C@@]3(C)[C@]1(C)CC2. The molecule has 7 heteroatoms. The van der Waals surface area contributed by atoms with Crippen LogP contribution in [-0.2, 0) is 19.0 Å². The van der Waals surface area contributed by atoms with Crippen molar-refractivity contribution in [1.29, 1.82) is 0 Å². The molecule has 6 rings (SSSR count). The summed E-state index contributed by atoms with van der Waals surface area (Å²) in [5, 5.41) is 31.3. The summed E-state index contributed by atoms with van der Waals surface area (Å²) in [7, 11) is 1.57. The molecular formula is C37H60O7. The molecular weight excluding hydrogens is 556 g/mol. The summed E-state index contributed by atoms with van der Waals surface area (Å²) in [6.45, 7) is 18.8. The first-order chi connectivity index (χ1) is 20.4. The molecule has 13 atom stereocenters. The van der Waals surface area contributed by atoms with Crippen molar-refractivity contribution in [2.24, 2.45) is 50.2 Å². The molecule has 0 unspecified atom stereocenters. The number of ether oxygens (including phenoxy) is 3. The molecule has 0 radical (unpaired) electrons. The number of allylic oxidation sites excluding steroid dienone is 2. The second kappa shape index (κ2) is 10.5. The lowest BCUT2D eigenvalue weighted by Gasteiger charge is -2.71. The Morgan fingerprint density at radius 1 is 0.864 bits per heavy atom. The van der Waals surface area contributed by atoms with E-state index in [1.165, 1.54) is 0 Å². The Hall–Kier alpha value is -0.990. The zero-order chi connectivity index (χ0) is 32.3. The van der Waals surface area contributed by atoms with Crippen LogP contribution in [0.2, 0.25) is 0 Å². The van der Waals surface area contributed by atoms with E-state index in [2.05, 4.69) is 54.5 Å². The van der Waals surface area contributed by atoms with Gasteiger partial charge in [0.1, 0.15) is 18.3 Å². The Morgan fingerprint density at radius 2 is 1.55 bits per heavy atom. The Bertz CT molecular complexity index is 1180. The summed E-state index contributed by atoms with van der Waals surface area (Å²) in [5.74, 6) is 1.22. The van der Waals surface area contributed by atoms with Crippen LogP contribution in [0.1, 0.15) is 120 Å². The van der Waals surface area contributed by atoms with Crippen LogP contribution in [0, 0.1) is 50.2 Å². The molecule has 4 saturated carbocycles. The second-order valence-corrected chi connectivity index (χ2v) is 18.0. The molecule has 7 nitrogen and oxygen atoms in total. The first kappa shape index (κ1) is 32.9. The Labute approximate surface area is 265 Å². The number of carbonyl (C=O) groups excluding carboxylic acids is 1. The van der Waals surface area contributed by atoms with Gasteiger partial charge < -0.3 is 29.5 Å². The van der Waals surface area contributed by atoms with E-state index in [4.69, 9.17) is 14.2 Å². The fourth-order valence-corrected chi connectivity index (χ4v) is 12.3. The molecule has 5 aliphatic carbocycles. The number of carbonyl (C=O) groups is 1. The highest BCUT2D eigenvalue weighted by Gasteiger charge is 2.69. The van der Waals surface area contributed by atoms with Crippen molar-refractivity contribution in [3.63, 3.8) is 0 Å². The fourth-order valence-electron chi connectivity index (χ4n) is 12.3. The number of rotatable bonds is 3. The van der Waals surface area contributed by atoms with Crippen molar-refractivity contribution in [1.82, 2.24) is 0 Å². The highest BCUT2D eigenvalue weighted by atomic mass is 16.7. The number of hydrogen-bond donors (Lipinski definition) is 3. The normalized spacial score (nSPS) is 52.8. The number of methoxy groups -OCH3 is 1. The van der Waals surface area contributed by atoms with Crippen LogP contribution in [0.5, 0.6) is 0 Å². The average Bonchev–Trinajstić information content (AvgIpc) is 2.95. The molecule has 0 aromatic carbocycles. The minimum Gasteiger partial charge on any atom is -0.469 e. The Morgan fingerprint density at radius 3 is 2.23 bits per heavy atom. The van der Waals surface area contributed by atoms with E-state index in [-0.39, 0.29) is 50.5 Å². The average molecular weight is 617 g/mol. The molecule has 0 spiro atoms. The molecule has 0 aromatic heterocycles. The number of esters is 1. The third-order valence-corrected chi connectivity index (χ3v) is 15.3. The molecule has 0 bridgehead atoms.